The summed E-state index contributed by atoms with van der Waals surface area (Å²) in [7, 11) is 0. The van der Waals surface area contributed by atoms with E-state index in [0.29, 0.717) is 18.6 Å². The van der Waals surface area contributed by atoms with E-state index < -0.39 is 0 Å². The number of ketones is 1. The molecule has 0 N–H and O–H groups in total. The van der Waals surface area contributed by atoms with Gasteiger partial charge in [-0.25, -0.2) is 9.97 Å². The van der Waals surface area contributed by atoms with Crippen LogP contribution in [0.2, 0.25) is 0 Å². The van der Waals surface area contributed by atoms with Crippen LogP contribution in [0.1, 0.15) is 12.8 Å². The molecule has 4 heteroatoms. The highest BCUT2D eigenvalue weighted by atomic mass is 16.1. The molecular weight excluding hydrogens is 166 g/mol. The number of nitrogens with zero attached hydrogens (tertiary/aromatic N) is 3. The van der Waals surface area contributed by atoms with Crippen molar-refractivity contribution in [2.24, 2.45) is 0 Å². The average Bonchev–Trinajstić information content (AvgIpc) is 2.20. The van der Waals surface area contributed by atoms with Gasteiger partial charge in [0.25, 0.3) is 0 Å². The van der Waals surface area contributed by atoms with E-state index in [4.69, 9.17) is 0 Å². The van der Waals surface area contributed by atoms with Crippen LogP contribution in [-0.4, -0.2) is 28.8 Å². The Morgan fingerprint density at radius 1 is 1.38 bits per heavy atom. The zero-order valence-corrected chi connectivity index (χ0v) is 7.23. The lowest BCUT2D eigenvalue weighted by Gasteiger charge is -2.26. The summed E-state index contributed by atoms with van der Waals surface area (Å²) >= 11 is 0. The predicted molar refractivity (Wildman–Crippen MR) is 47.3 cm³/mol. The third-order valence-electron chi connectivity index (χ3n) is 2.15. The average molecular weight is 176 g/mol. The van der Waals surface area contributed by atoms with Crippen LogP contribution in [0.25, 0.3) is 0 Å². The van der Waals surface area contributed by atoms with Crippen molar-refractivity contribution in [2.45, 2.75) is 12.8 Å². The summed E-state index contributed by atoms with van der Waals surface area (Å²) in [5.41, 5.74) is 0. The summed E-state index contributed by atoms with van der Waals surface area (Å²) in [4.78, 5) is 21.0. The predicted octanol–water partition coefficient (Wildman–Crippen LogP) is 0.446. The lowest BCUT2D eigenvalue weighted by Crippen LogP contribution is -2.34. The second-order valence-electron chi connectivity index (χ2n) is 3.03. The Labute approximate surface area is 76.6 Å². The van der Waals surface area contributed by atoms with E-state index in [9.17, 15) is 4.79 Å². The topological polar surface area (TPSA) is 46.1 Å². The molecule has 1 radical (unpaired) electrons. The number of anilines is 1. The molecular formula is C9H10N3O. The van der Waals surface area contributed by atoms with Crippen LogP contribution < -0.4 is 4.90 Å². The number of Topliss-reactive ketones (excluding diaryl/α,β-unsaturated/α-hetero) is 1. The summed E-state index contributed by atoms with van der Waals surface area (Å²) in [5.74, 6) is 1.18. The Bertz CT molecular complexity index is 289. The van der Waals surface area contributed by atoms with Crippen LogP contribution >= 0.6 is 0 Å². The van der Waals surface area contributed by atoms with Gasteiger partial charge in [-0.1, -0.05) is 0 Å². The molecule has 0 bridgehead atoms. The van der Waals surface area contributed by atoms with Crippen molar-refractivity contribution in [3.05, 3.63) is 18.6 Å². The molecule has 0 spiro atoms. The lowest BCUT2D eigenvalue weighted by molar-refractivity contribution is -0.119. The smallest absolute Gasteiger partial charge is 0.147 e. The minimum atomic E-state index is 0.340. The maximum atomic E-state index is 11.0. The Morgan fingerprint density at radius 3 is 2.77 bits per heavy atom. The second kappa shape index (κ2) is 3.51. The molecule has 67 valence electrons. The molecule has 1 aromatic heterocycles. The minimum absolute atomic E-state index is 0.340. The van der Waals surface area contributed by atoms with Gasteiger partial charge in [-0.2, -0.15) is 0 Å². The third kappa shape index (κ3) is 1.83. The van der Waals surface area contributed by atoms with Crippen molar-refractivity contribution in [3.8, 4) is 0 Å². The monoisotopic (exact) mass is 176 g/mol. The first-order valence-electron chi connectivity index (χ1n) is 4.31. The Balaban J connectivity index is 2.07. The molecule has 0 atom stereocenters. The van der Waals surface area contributed by atoms with E-state index in [0.717, 1.165) is 18.9 Å². The number of rotatable bonds is 1. The SMILES string of the molecule is O=C1CCN(c2cn[c]cn2)CC1. The van der Waals surface area contributed by atoms with Crippen molar-refractivity contribution >= 4 is 11.6 Å². The van der Waals surface area contributed by atoms with Gasteiger partial charge in [0.15, 0.2) is 0 Å². The normalized spacial score (nSPS) is 17.5. The summed E-state index contributed by atoms with van der Waals surface area (Å²) in [6, 6.07) is 0. The highest BCUT2D eigenvalue weighted by molar-refractivity contribution is 5.80. The number of aromatic nitrogens is 2. The van der Waals surface area contributed by atoms with Crippen molar-refractivity contribution in [1.82, 2.24) is 9.97 Å². The fourth-order valence-corrected chi connectivity index (χ4v) is 1.41. The maximum Gasteiger partial charge on any atom is 0.147 e. The summed E-state index contributed by atoms with van der Waals surface area (Å²) < 4.78 is 0. The first kappa shape index (κ1) is 8.16. The molecule has 0 aliphatic carbocycles. The molecule has 13 heavy (non-hydrogen) atoms. The van der Waals surface area contributed by atoms with Crippen LogP contribution in [0.3, 0.4) is 0 Å². The van der Waals surface area contributed by atoms with E-state index in [2.05, 4.69) is 21.1 Å². The molecule has 1 aliphatic heterocycles. The first-order valence-corrected chi connectivity index (χ1v) is 4.31. The zero-order chi connectivity index (χ0) is 9.10. The van der Waals surface area contributed by atoms with Gasteiger partial charge in [0.1, 0.15) is 17.8 Å². The maximum absolute atomic E-state index is 11.0. The molecule has 2 heterocycles. The number of piperidine rings is 1. The molecule has 0 amide bonds. The second-order valence-corrected chi connectivity index (χ2v) is 3.03. The fourth-order valence-electron chi connectivity index (χ4n) is 1.41. The van der Waals surface area contributed by atoms with Gasteiger partial charge in [0.05, 0.1) is 12.4 Å². The lowest BCUT2D eigenvalue weighted by atomic mass is 10.1. The summed E-state index contributed by atoms with van der Waals surface area (Å²) in [5, 5.41) is 0. The van der Waals surface area contributed by atoms with Crippen LogP contribution in [0.15, 0.2) is 12.4 Å². The van der Waals surface area contributed by atoms with Gasteiger partial charge >= 0.3 is 0 Å². The molecule has 0 unspecified atom stereocenters. The third-order valence-corrected chi connectivity index (χ3v) is 2.15. The number of carbonyl (C=O) groups is 1. The number of carbonyl (C=O) groups excluding carboxylic acids is 1. The van der Waals surface area contributed by atoms with Crippen LogP contribution in [0.5, 0.6) is 0 Å². The van der Waals surface area contributed by atoms with Crippen molar-refractivity contribution < 1.29 is 4.79 Å². The van der Waals surface area contributed by atoms with Gasteiger partial charge in [-0.3, -0.25) is 4.79 Å². The fraction of sp³-hybridized carbons (Fsp3) is 0.444. The summed E-state index contributed by atoms with van der Waals surface area (Å²) in [6.07, 6.45) is 7.10. The van der Waals surface area contributed by atoms with Crippen molar-refractivity contribution in [2.75, 3.05) is 18.0 Å². The number of hydrogen-bond donors (Lipinski definition) is 0. The molecule has 1 aliphatic rings. The van der Waals surface area contributed by atoms with Crippen LogP contribution in [0.4, 0.5) is 5.82 Å². The van der Waals surface area contributed by atoms with Gasteiger partial charge in [0.2, 0.25) is 0 Å². The molecule has 1 fully saturated rings. The molecule has 2 rings (SSSR count). The van der Waals surface area contributed by atoms with E-state index in [-0.39, 0.29) is 0 Å². The van der Waals surface area contributed by atoms with Crippen molar-refractivity contribution in [1.29, 1.82) is 0 Å². The highest BCUT2D eigenvalue weighted by Gasteiger charge is 2.16. The molecule has 1 aromatic rings. The zero-order valence-electron chi connectivity index (χ0n) is 7.23. The Morgan fingerprint density at radius 2 is 2.15 bits per heavy atom. The molecule has 1 saturated heterocycles. The van der Waals surface area contributed by atoms with Gasteiger partial charge < -0.3 is 4.90 Å². The van der Waals surface area contributed by atoms with E-state index in [1.165, 1.54) is 0 Å². The van der Waals surface area contributed by atoms with E-state index in [1.807, 2.05) is 0 Å². The largest absolute Gasteiger partial charge is 0.354 e. The van der Waals surface area contributed by atoms with Crippen LogP contribution in [0, 0.1) is 6.20 Å². The number of hydrogen-bond acceptors (Lipinski definition) is 4. The van der Waals surface area contributed by atoms with E-state index in [1.54, 1.807) is 12.4 Å². The first-order chi connectivity index (χ1) is 6.36. The van der Waals surface area contributed by atoms with Crippen LogP contribution in [-0.2, 0) is 4.79 Å². The quantitative estimate of drug-likeness (QED) is 0.623. The molecule has 0 aromatic carbocycles. The van der Waals surface area contributed by atoms with E-state index >= 15 is 0 Å². The highest BCUT2D eigenvalue weighted by Crippen LogP contribution is 2.13. The Hall–Kier alpha value is -1.45. The van der Waals surface area contributed by atoms with Crippen molar-refractivity contribution in [3.63, 3.8) is 0 Å². The van der Waals surface area contributed by atoms with Gasteiger partial charge in [0, 0.05) is 25.9 Å². The van der Waals surface area contributed by atoms with Gasteiger partial charge in [-0.05, 0) is 0 Å². The standard InChI is InChI=1S/C9H10N3O/c13-8-1-5-12(6-2-8)9-7-10-3-4-11-9/h4,7H,1-2,5-6H2. The molecule has 0 saturated carbocycles. The Kier molecular flexibility index (Phi) is 2.21. The van der Waals surface area contributed by atoms with Gasteiger partial charge in [-0.15, -0.1) is 0 Å². The molecule has 4 nitrogen and oxygen atoms in total. The summed E-state index contributed by atoms with van der Waals surface area (Å²) in [6.45, 7) is 1.52. The minimum Gasteiger partial charge on any atom is -0.354 e.